The van der Waals surface area contributed by atoms with Crippen LogP contribution in [0.3, 0.4) is 0 Å². The van der Waals surface area contributed by atoms with E-state index >= 15 is 0 Å². The molecule has 1 atom stereocenters. The Labute approximate surface area is 174 Å². The number of esters is 1. The molecule has 0 fully saturated rings. The zero-order valence-corrected chi connectivity index (χ0v) is 18.2. The molecule has 2 aliphatic rings. The molecular formula is C25H34O4. The van der Waals surface area contributed by atoms with Gasteiger partial charge in [-0.1, -0.05) is 54.9 Å². The number of carbonyl (C=O) groups is 2. The van der Waals surface area contributed by atoms with Crippen molar-refractivity contribution >= 4 is 12.3 Å². The number of hydrogen-bond donors (Lipinski definition) is 1. The standard InChI is InChI=1S/C25H34O4/c1-18(13-14-22-19(2)9-7-15-25(22,3)4)8-5-10-20(17-26)11-6-12-21-16-23(27)29-24(21)28/h6,8,11-12,16-17,24,28H,5,7,9-10,13-15H2,1-4H3/b12-6+,18-8+,20-11-/t24-/m1/s1. The molecule has 29 heavy (non-hydrogen) atoms. The van der Waals surface area contributed by atoms with Crippen LogP contribution in [0.25, 0.3) is 0 Å². The summed E-state index contributed by atoms with van der Waals surface area (Å²) in [6.45, 7) is 9.18. The van der Waals surface area contributed by atoms with Gasteiger partial charge >= 0.3 is 5.97 Å². The first-order valence-electron chi connectivity index (χ1n) is 10.5. The zero-order chi connectivity index (χ0) is 21.4. The summed E-state index contributed by atoms with van der Waals surface area (Å²) >= 11 is 0. The summed E-state index contributed by atoms with van der Waals surface area (Å²) in [6.07, 6.45) is 15.5. The number of hydrogen-bond acceptors (Lipinski definition) is 4. The van der Waals surface area contributed by atoms with Gasteiger partial charge in [-0.3, -0.25) is 4.79 Å². The summed E-state index contributed by atoms with van der Waals surface area (Å²) < 4.78 is 4.61. The van der Waals surface area contributed by atoms with Gasteiger partial charge in [0.1, 0.15) is 6.29 Å². The van der Waals surface area contributed by atoms with Crippen LogP contribution in [-0.4, -0.2) is 23.7 Å². The van der Waals surface area contributed by atoms with Crippen molar-refractivity contribution in [2.45, 2.75) is 78.9 Å². The molecule has 0 amide bonds. The molecule has 1 N–H and O–H groups in total. The van der Waals surface area contributed by atoms with E-state index in [9.17, 15) is 14.7 Å². The minimum atomic E-state index is -1.22. The molecule has 4 nitrogen and oxygen atoms in total. The van der Waals surface area contributed by atoms with Gasteiger partial charge in [-0.05, 0) is 69.8 Å². The Kier molecular flexibility index (Phi) is 8.39. The first kappa shape index (κ1) is 23.1. The molecule has 0 spiro atoms. The fraction of sp³-hybridized carbons (Fsp3) is 0.520. The Hall–Kier alpha value is -2.20. The molecule has 4 heteroatoms. The molecule has 158 valence electrons. The van der Waals surface area contributed by atoms with E-state index < -0.39 is 12.3 Å². The minimum Gasteiger partial charge on any atom is -0.428 e. The fourth-order valence-corrected chi connectivity index (χ4v) is 4.15. The van der Waals surface area contributed by atoms with Crippen molar-refractivity contribution in [3.8, 4) is 0 Å². The molecule has 2 rings (SSSR count). The second-order valence-corrected chi connectivity index (χ2v) is 8.74. The maximum absolute atomic E-state index is 11.3. The van der Waals surface area contributed by atoms with Crippen LogP contribution in [-0.2, 0) is 14.3 Å². The van der Waals surface area contributed by atoms with Crippen molar-refractivity contribution in [2.24, 2.45) is 5.41 Å². The number of aldehydes is 1. The summed E-state index contributed by atoms with van der Waals surface area (Å²) in [5.74, 6) is -0.556. The quantitative estimate of drug-likeness (QED) is 0.183. The number of rotatable bonds is 9. The average Bonchev–Trinajstić information content (AvgIpc) is 2.96. The normalized spacial score (nSPS) is 22.9. The predicted molar refractivity (Wildman–Crippen MR) is 116 cm³/mol. The number of allylic oxidation sites excluding steroid dienone is 7. The maximum Gasteiger partial charge on any atom is 0.333 e. The van der Waals surface area contributed by atoms with Gasteiger partial charge in [0, 0.05) is 11.6 Å². The van der Waals surface area contributed by atoms with E-state index in [-0.39, 0.29) is 0 Å². The largest absolute Gasteiger partial charge is 0.428 e. The number of cyclic esters (lactones) is 1. The molecule has 0 aromatic heterocycles. The van der Waals surface area contributed by atoms with E-state index in [1.165, 1.54) is 30.9 Å². The third-order valence-corrected chi connectivity index (χ3v) is 5.93. The van der Waals surface area contributed by atoms with Gasteiger partial charge in [-0.15, -0.1) is 0 Å². The van der Waals surface area contributed by atoms with E-state index in [1.807, 2.05) is 0 Å². The molecule has 0 unspecified atom stereocenters. The van der Waals surface area contributed by atoms with Crippen molar-refractivity contribution < 1.29 is 19.4 Å². The Morgan fingerprint density at radius 3 is 2.72 bits per heavy atom. The van der Waals surface area contributed by atoms with Crippen LogP contribution in [0.1, 0.15) is 72.6 Å². The van der Waals surface area contributed by atoms with Crippen molar-refractivity contribution in [1.29, 1.82) is 0 Å². The van der Waals surface area contributed by atoms with Crippen molar-refractivity contribution in [3.63, 3.8) is 0 Å². The maximum atomic E-state index is 11.3. The highest BCUT2D eigenvalue weighted by molar-refractivity contribution is 5.86. The lowest BCUT2D eigenvalue weighted by Gasteiger charge is -2.35. The highest BCUT2D eigenvalue weighted by Crippen LogP contribution is 2.42. The topological polar surface area (TPSA) is 63.6 Å². The van der Waals surface area contributed by atoms with Gasteiger partial charge in [0.05, 0.1) is 0 Å². The van der Waals surface area contributed by atoms with E-state index in [0.717, 1.165) is 25.5 Å². The highest BCUT2D eigenvalue weighted by atomic mass is 16.6. The Morgan fingerprint density at radius 2 is 2.10 bits per heavy atom. The van der Waals surface area contributed by atoms with Crippen LogP contribution in [0, 0.1) is 5.41 Å². The monoisotopic (exact) mass is 398 g/mol. The third kappa shape index (κ3) is 6.97. The van der Waals surface area contributed by atoms with Gasteiger partial charge in [0.15, 0.2) is 0 Å². The van der Waals surface area contributed by atoms with Crippen molar-refractivity contribution in [3.05, 3.63) is 58.2 Å². The second-order valence-electron chi connectivity index (χ2n) is 8.74. The molecule has 1 aliphatic heterocycles. The molecule has 0 saturated carbocycles. The SMILES string of the molecule is CC1=C(CC/C(C)=C/CC/C(C=O)=C/C=C/C2=CC(=O)O[C@H]2O)C(C)(C)CCC1. The molecule has 0 aromatic rings. The average molecular weight is 399 g/mol. The summed E-state index contributed by atoms with van der Waals surface area (Å²) in [7, 11) is 0. The number of aliphatic hydroxyl groups excluding tert-OH is 1. The lowest BCUT2D eigenvalue weighted by Crippen LogP contribution is -2.20. The van der Waals surface area contributed by atoms with Crippen LogP contribution < -0.4 is 0 Å². The summed E-state index contributed by atoms with van der Waals surface area (Å²) in [4.78, 5) is 22.3. The van der Waals surface area contributed by atoms with Gasteiger partial charge in [-0.25, -0.2) is 4.79 Å². The number of ether oxygens (including phenoxy) is 1. The van der Waals surface area contributed by atoms with Crippen LogP contribution in [0.2, 0.25) is 0 Å². The van der Waals surface area contributed by atoms with Crippen LogP contribution in [0.15, 0.2) is 58.2 Å². The first-order valence-corrected chi connectivity index (χ1v) is 10.5. The molecule has 0 aromatic carbocycles. The molecule has 0 radical (unpaired) electrons. The van der Waals surface area contributed by atoms with Gasteiger partial charge in [-0.2, -0.15) is 0 Å². The fourth-order valence-electron chi connectivity index (χ4n) is 4.15. The summed E-state index contributed by atoms with van der Waals surface area (Å²) in [5.41, 5.74) is 5.95. The lowest BCUT2D eigenvalue weighted by atomic mass is 9.71. The highest BCUT2D eigenvalue weighted by Gasteiger charge is 2.27. The third-order valence-electron chi connectivity index (χ3n) is 5.93. The second kappa shape index (κ2) is 10.5. The van der Waals surface area contributed by atoms with Gasteiger partial charge in [0.25, 0.3) is 0 Å². The Bertz CT molecular complexity index is 775. The Balaban J connectivity index is 1.84. The van der Waals surface area contributed by atoms with E-state index in [4.69, 9.17) is 0 Å². The van der Waals surface area contributed by atoms with Crippen molar-refractivity contribution in [1.82, 2.24) is 0 Å². The van der Waals surface area contributed by atoms with Gasteiger partial charge in [0.2, 0.25) is 6.29 Å². The summed E-state index contributed by atoms with van der Waals surface area (Å²) in [6, 6.07) is 0. The van der Waals surface area contributed by atoms with Crippen LogP contribution >= 0.6 is 0 Å². The Morgan fingerprint density at radius 1 is 1.34 bits per heavy atom. The lowest BCUT2D eigenvalue weighted by molar-refractivity contribution is -0.150. The van der Waals surface area contributed by atoms with E-state index in [1.54, 1.807) is 29.4 Å². The van der Waals surface area contributed by atoms with Crippen LogP contribution in [0.4, 0.5) is 0 Å². The molecule has 1 heterocycles. The summed E-state index contributed by atoms with van der Waals surface area (Å²) in [5, 5.41) is 9.51. The first-order chi connectivity index (χ1) is 13.7. The number of aliphatic hydroxyl groups is 1. The smallest absolute Gasteiger partial charge is 0.333 e. The van der Waals surface area contributed by atoms with Gasteiger partial charge < -0.3 is 9.84 Å². The number of carbonyl (C=O) groups excluding carboxylic acids is 2. The van der Waals surface area contributed by atoms with Crippen molar-refractivity contribution in [2.75, 3.05) is 0 Å². The van der Waals surface area contributed by atoms with E-state index in [0.29, 0.717) is 23.0 Å². The van der Waals surface area contributed by atoms with Crippen LogP contribution in [0.5, 0.6) is 0 Å². The predicted octanol–water partition coefficient (Wildman–Crippen LogP) is 5.50. The zero-order valence-electron chi connectivity index (χ0n) is 18.2. The molecule has 1 aliphatic carbocycles. The van der Waals surface area contributed by atoms with E-state index in [2.05, 4.69) is 38.5 Å². The molecule has 0 saturated heterocycles. The minimum absolute atomic E-state index is 0.320. The molecular weight excluding hydrogens is 364 g/mol. The molecule has 0 bridgehead atoms.